The van der Waals surface area contributed by atoms with E-state index in [1.165, 1.54) is 45.7 Å². The predicted octanol–water partition coefficient (Wildman–Crippen LogP) is 1.74. The van der Waals surface area contributed by atoms with E-state index in [0.717, 1.165) is 4.57 Å². The van der Waals surface area contributed by atoms with E-state index >= 15 is 0 Å². The van der Waals surface area contributed by atoms with Crippen LogP contribution in [0.25, 0.3) is 0 Å². The third-order valence-electron chi connectivity index (χ3n) is 4.87. The number of aromatic nitrogens is 2. The molecule has 0 radical (unpaired) electrons. The molecule has 2 aromatic carbocycles. The zero-order valence-corrected chi connectivity index (χ0v) is 19.4. The van der Waals surface area contributed by atoms with Gasteiger partial charge in [0, 0.05) is 11.8 Å². The highest BCUT2D eigenvalue weighted by Gasteiger charge is 2.19. The number of nitrogens with one attached hydrogen (secondary N) is 1. The van der Waals surface area contributed by atoms with Gasteiger partial charge in [-0.15, -0.1) is 0 Å². The number of aliphatic hydroxyl groups excluding tert-OH is 1. The second kappa shape index (κ2) is 11.7. The summed E-state index contributed by atoms with van der Waals surface area (Å²) in [5.41, 5.74) is -0.141. The van der Waals surface area contributed by atoms with Gasteiger partial charge in [-0.1, -0.05) is 18.2 Å². The van der Waals surface area contributed by atoms with Crippen LogP contribution < -0.4 is 25.2 Å². The first-order valence-corrected chi connectivity index (χ1v) is 10.4. The molecule has 1 aromatic heterocycles. The van der Waals surface area contributed by atoms with Gasteiger partial charge >= 0.3 is 11.7 Å². The molecule has 11 nitrogen and oxygen atoms in total. The third-order valence-corrected chi connectivity index (χ3v) is 4.87. The lowest BCUT2D eigenvalue weighted by atomic mass is 10.2. The Morgan fingerprint density at radius 2 is 1.66 bits per heavy atom. The highest BCUT2D eigenvalue weighted by molar-refractivity contribution is 6.03. The Morgan fingerprint density at radius 3 is 2.23 bits per heavy atom. The molecule has 0 aliphatic rings. The van der Waals surface area contributed by atoms with Gasteiger partial charge in [0.1, 0.15) is 18.5 Å². The zero-order valence-electron chi connectivity index (χ0n) is 19.4. The summed E-state index contributed by atoms with van der Waals surface area (Å²) >= 11 is 0. The smallest absolute Gasteiger partial charge is 0.349 e. The molecule has 0 saturated carbocycles. The highest BCUT2D eigenvalue weighted by Crippen LogP contribution is 2.38. The number of hydrogen-bond donors (Lipinski definition) is 2. The van der Waals surface area contributed by atoms with Crippen LogP contribution in [-0.2, 0) is 11.3 Å². The lowest BCUT2D eigenvalue weighted by Crippen LogP contribution is -2.31. The van der Waals surface area contributed by atoms with Crippen LogP contribution in [0.4, 0.5) is 5.82 Å². The summed E-state index contributed by atoms with van der Waals surface area (Å²) in [4.78, 5) is 40.8. The maximum Gasteiger partial charge on any atom is 0.349 e. The summed E-state index contributed by atoms with van der Waals surface area (Å²) in [7, 11) is 4.27. The Labute approximate surface area is 200 Å². The lowest BCUT2D eigenvalue weighted by molar-refractivity contribution is 0.0213. The number of nitrogens with zero attached hydrogens (tertiary/aromatic N) is 2. The summed E-state index contributed by atoms with van der Waals surface area (Å²) in [5.74, 6) is -0.195. The minimum Gasteiger partial charge on any atom is -0.493 e. The topological polar surface area (TPSA) is 138 Å². The maximum absolute atomic E-state index is 12.5. The molecule has 0 aliphatic carbocycles. The Balaban J connectivity index is 1.60. The minimum absolute atomic E-state index is 0.0726. The summed E-state index contributed by atoms with van der Waals surface area (Å²) < 4.78 is 21.9. The first kappa shape index (κ1) is 25.2. The largest absolute Gasteiger partial charge is 0.493 e. The van der Waals surface area contributed by atoms with E-state index in [9.17, 15) is 19.5 Å². The van der Waals surface area contributed by atoms with Gasteiger partial charge in [0.2, 0.25) is 5.75 Å². The van der Waals surface area contributed by atoms with E-state index in [2.05, 4.69) is 10.3 Å². The van der Waals surface area contributed by atoms with Crippen molar-refractivity contribution in [1.82, 2.24) is 9.55 Å². The molecule has 1 unspecified atom stereocenters. The SMILES string of the molecule is COc1cc(C(=O)OCC(O)Cn2ccc(NC(=O)c3ccccc3)nc2=O)cc(OC)c1OC. The third kappa shape index (κ3) is 6.36. The lowest BCUT2D eigenvalue weighted by Gasteiger charge is -2.15. The van der Waals surface area contributed by atoms with Crippen molar-refractivity contribution in [3.05, 3.63) is 76.3 Å². The Hall–Kier alpha value is -4.38. The normalized spacial score (nSPS) is 11.3. The van der Waals surface area contributed by atoms with Crippen molar-refractivity contribution in [2.45, 2.75) is 12.6 Å². The van der Waals surface area contributed by atoms with Crippen LogP contribution in [0.5, 0.6) is 17.2 Å². The molecule has 3 rings (SSSR count). The van der Waals surface area contributed by atoms with Crippen LogP contribution in [0.15, 0.2) is 59.5 Å². The average Bonchev–Trinajstić information content (AvgIpc) is 2.88. The molecule has 3 aromatic rings. The second-order valence-electron chi connectivity index (χ2n) is 7.23. The summed E-state index contributed by atoms with van der Waals surface area (Å²) in [6, 6.07) is 12.8. The van der Waals surface area contributed by atoms with Crippen molar-refractivity contribution < 1.29 is 33.6 Å². The van der Waals surface area contributed by atoms with E-state index < -0.39 is 23.7 Å². The number of anilines is 1. The number of esters is 1. The maximum atomic E-state index is 12.5. The predicted molar refractivity (Wildman–Crippen MR) is 125 cm³/mol. The van der Waals surface area contributed by atoms with Crippen molar-refractivity contribution >= 4 is 17.7 Å². The van der Waals surface area contributed by atoms with Crippen molar-refractivity contribution in [1.29, 1.82) is 0 Å². The molecule has 184 valence electrons. The molecule has 0 fully saturated rings. The number of aliphatic hydroxyl groups is 1. The number of rotatable bonds is 10. The molecule has 1 atom stereocenters. The number of carbonyl (C=O) groups is 2. The van der Waals surface area contributed by atoms with Crippen molar-refractivity contribution in [3.8, 4) is 17.2 Å². The quantitative estimate of drug-likeness (QED) is 0.413. The summed E-state index contributed by atoms with van der Waals surface area (Å²) in [5, 5.41) is 12.8. The average molecular weight is 483 g/mol. The van der Waals surface area contributed by atoms with Crippen LogP contribution in [0.2, 0.25) is 0 Å². The van der Waals surface area contributed by atoms with E-state index in [-0.39, 0.29) is 36.0 Å². The molecule has 1 amide bonds. The van der Waals surface area contributed by atoms with Gasteiger partial charge in [-0.05, 0) is 30.3 Å². The molecule has 0 spiro atoms. The molecular formula is C24H25N3O8. The number of ether oxygens (including phenoxy) is 4. The van der Waals surface area contributed by atoms with Gasteiger partial charge in [-0.2, -0.15) is 4.98 Å². The Kier molecular flexibility index (Phi) is 8.41. The van der Waals surface area contributed by atoms with Gasteiger partial charge in [0.25, 0.3) is 5.91 Å². The van der Waals surface area contributed by atoms with Crippen LogP contribution in [0.3, 0.4) is 0 Å². The van der Waals surface area contributed by atoms with Crippen molar-refractivity contribution in [3.63, 3.8) is 0 Å². The van der Waals surface area contributed by atoms with E-state index in [1.54, 1.807) is 30.3 Å². The van der Waals surface area contributed by atoms with Gasteiger partial charge in [0.05, 0.1) is 33.4 Å². The Bertz CT molecular complexity index is 1220. The summed E-state index contributed by atoms with van der Waals surface area (Å²) in [6.07, 6.45) is 0.186. The van der Waals surface area contributed by atoms with Gasteiger partial charge in [0.15, 0.2) is 11.5 Å². The minimum atomic E-state index is -1.19. The number of methoxy groups -OCH3 is 3. The molecule has 2 N–H and O–H groups in total. The van der Waals surface area contributed by atoms with Crippen LogP contribution in [0.1, 0.15) is 20.7 Å². The molecule has 35 heavy (non-hydrogen) atoms. The molecule has 11 heteroatoms. The monoisotopic (exact) mass is 483 g/mol. The summed E-state index contributed by atoms with van der Waals surface area (Å²) in [6.45, 7) is -0.560. The second-order valence-corrected chi connectivity index (χ2v) is 7.23. The molecule has 1 heterocycles. The highest BCUT2D eigenvalue weighted by atomic mass is 16.5. The van der Waals surface area contributed by atoms with Gasteiger partial charge in [-0.3, -0.25) is 9.36 Å². The fourth-order valence-corrected chi connectivity index (χ4v) is 3.15. The van der Waals surface area contributed by atoms with Crippen molar-refractivity contribution in [2.24, 2.45) is 0 Å². The van der Waals surface area contributed by atoms with Crippen LogP contribution >= 0.6 is 0 Å². The fraction of sp³-hybridized carbons (Fsp3) is 0.250. The van der Waals surface area contributed by atoms with Crippen LogP contribution in [0, 0.1) is 0 Å². The van der Waals surface area contributed by atoms with Gasteiger partial charge in [-0.25, -0.2) is 9.59 Å². The number of carbonyl (C=O) groups excluding carboxylic acids is 2. The molecule has 0 saturated heterocycles. The zero-order chi connectivity index (χ0) is 25.4. The standard InChI is InChI=1S/C24H25N3O8/c1-32-18-11-16(12-19(33-2)21(18)34-3)23(30)35-14-17(28)13-27-10-9-20(26-24(27)31)25-22(29)15-7-5-4-6-8-15/h4-12,17,28H,13-14H2,1-3H3,(H,25,26,29,31). The first-order valence-electron chi connectivity index (χ1n) is 10.4. The van der Waals surface area contributed by atoms with Crippen molar-refractivity contribution in [2.75, 3.05) is 33.3 Å². The fourth-order valence-electron chi connectivity index (χ4n) is 3.15. The molecular weight excluding hydrogens is 458 g/mol. The van der Waals surface area contributed by atoms with E-state index in [4.69, 9.17) is 18.9 Å². The Morgan fingerprint density at radius 1 is 1.00 bits per heavy atom. The number of amides is 1. The molecule has 0 bridgehead atoms. The van der Waals surface area contributed by atoms with Gasteiger partial charge < -0.3 is 29.4 Å². The van der Waals surface area contributed by atoms with Crippen LogP contribution in [-0.4, -0.2) is 60.6 Å². The number of hydrogen-bond acceptors (Lipinski definition) is 9. The first-order chi connectivity index (χ1) is 16.9. The number of benzene rings is 2. The molecule has 0 aliphatic heterocycles. The van der Waals surface area contributed by atoms with E-state index in [1.807, 2.05) is 0 Å². The van der Waals surface area contributed by atoms with E-state index in [0.29, 0.717) is 11.3 Å².